The Bertz CT molecular complexity index is 310. The molecule has 13 heavy (non-hydrogen) atoms. The Labute approximate surface area is 74.0 Å². The van der Waals surface area contributed by atoms with Crippen LogP contribution in [0.5, 0.6) is 0 Å². The lowest BCUT2D eigenvalue weighted by Gasteiger charge is -2.14. The third-order valence-electron chi connectivity index (χ3n) is 2.50. The lowest BCUT2D eigenvalue weighted by molar-refractivity contribution is -0.149. The topological polar surface area (TPSA) is 60.2 Å². The molecule has 1 aliphatic carbocycles. The van der Waals surface area contributed by atoms with Crippen LogP contribution in [0, 0.1) is 5.92 Å². The molecule has 0 heterocycles. The first-order valence-electron chi connectivity index (χ1n) is 3.61. The molecule has 2 N–H and O–H groups in total. The van der Waals surface area contributed by atoms with E-state index >= 15 is 0 Å². The molecule has 0 unspecified atom stereocenters. The smallest absolute Gasteiger partial charge is 0.329 e. The van der Waals surface area contributed by atoms with Crippen LogP contribution in [0.1, 0.15) is 6.42 Å². The van der Waals surface area contributed by atoms with Crippen LogP contribution in [-0.4, -0.2) is 32.1 Å². The number of sulfone groups is 1. The van der Waals surface area contributed by atoms with Crippen molar-refractivity contribution in [2.45, 2.75) is 17.3 Å². The zero-order valence-electron chi connectivity index (χ0n) is 6.93. The Morgan fingerprint density at radius 1 is 1.54 bits per heavy atom. The first kappa shape index (κ1) is 10.8. The Kier molecular flexibility index (Phi) is 2.16. The van der Waals surface area contributed by atoms with Crippen LogP contribution in [-0.2, 0) is 9.84 Å². The van der Waals surface area contributed by atoms with Crippen LogP contribution in [0.25, 0.3) is 0 Å². The SMILES string of the molecule is CS(=O)(=O)[C@@]1(CN)C[C@@H]1C(F)(F)F. The molecule has 0 amide bonds. The zero-order chi connectivity index (χ0) is 10.5. The van der Waals surface area contributed by atoms with Gasteiger partial charge in [-0.05, 0) is 6.42 Å². The first-order chi connectivity index (χ1) is 5.65. The van der Waals surface area contributed by atoms with Gasteiger partial charge in [0.1, 0.15) is 0 Å². The summed E-state index contributed by atoms with van der Waals surface area (Å²) >= 11 is 0. The maximum atomic E-state index is 12.1. The molecule has 1 saturated carbocycles. The van der Waals surface area contributed by atoms with Crippen LogP contribution in [0.3, 0.4) is 0 Å². The van der Waals surface area contributed by atoms with Crippen molar-refractivity contribution in [3.8, 4) is 0 Å². The molecule has 1 rings (SSSR count). The highest BCUT2D eigenvalue weighted by Crippen LogP contribution is 2.57. The van der Waals surface area contributed by atoms with Gasteiger partial charge in [0.25, 0.3) is 0 Å². The number of rotatable bonds is 2. The Balaban J connectivity index is 2.95. The standard InChI is InChI=1S/C6H10F3NO2S/c1-13(11,12)5(3-10)2-4(5)6(7,8)9/h4H,2-3,10H2,1H3/t4-,5+/m0/s1. The summed E-state index contributed by atoms with van der Waals surface area (Å²) in [5.74, 6) is -1.78. The molecule has 7 heteroatoms. The molecule has 0 aliphatic heterocycles. The van der Waals surface area contributed by atoms with Gasteiger partial charge in [-0.15, -0.1) is 0 Å². The third kappa shape index (κ3) is 1.54. The van der Waals surface area contributed by atoms with Gasteiger partial charge in [-0.25, -0.2) is 8.42 Å². The predicted octanol–water partition coefficient (Wildman–Crippen LogP) is 0.311. The van der Waals surface area contributed by atoms with Crippen molar-refractivity contribution in [1.82, 2.24) is 0 Å². The van der Waals surface area contributed by atoms with E-state index in [4.69, 9.17) is 5.73 Å². The second-order valence-corrected chi connectivity index (χ2v) is 5.70. The van der Waals surface area contributed by atoms with Crippen LogP contribution in [0.15, 0.2) is 0 Å². The van der Waals surface area contributed by atoms with E-state index in [2.05, 4.69) is 0 Å². The second-order valence-electron chi connectivity index (χ2n) is 3.34. The summed E-state index contributed by atoms with van der Waals surface area (Å²) in [5, 5.41) is 0. The van der Waals surface area contributed by atoms with Gasteiger partial charge in [-0.3, -0.25) is 0 Å². The quantitative estimate of drug-likeness (QED) is 0.724. The van der Waals surface area contributed by atoms with Crippen molar-refractivity contribution < 1.29 is 21.6 Å². The molecule has 0 aromatic rings. The maximum Gasteiger partial charge on any atom is 0.393 e. The van der Waals surface area contributed by atoms with Crippen LogP contribution in [0.4, 0.5) is 13.2 Å². The summed E-state index contributed by atoms with van der Waals surface area (Å²) in [7, 11) is -3.72. The second kappa shape index (κ2) is 2.60. The molecule has 0 spiro atoms. The minimum Gasteiger partial charge on any atom is -0.329 e. The average molecular weight is 217 g/mol. The van der Waals surface area contributed by atoms with Gasteiger partial charge in [-0.2, -0.15) is 13.2 Å². The molecule has 0 aromatic carbocycles. The van der Waals surface area contributed by atoms with E-state index in [1.165, 1.54) is 0 Å². The summed E-state index contributed by atoms with van der Waals surface area (Å²) < 4.78 is 56.7. The number of alkyl halides is 3. The Hall–Kier alpha value is -0.300. The molecule has 0 bridgehead atoms. The molecule has 78 valence electrons. The number of halogens is 3. The molecule has 0 saturated heterocycles. The zero-order valence-corrected chi connectivity index (χ0v) is 7.74. The summed E-state index contributed by atoms with van der Waals surface area (Å²) in [5.41, 5.74) is 5.06. The molecule has 2 atom stereocenters. The molecule has 1 fully saturated rings. The fraction of sp³-hybridized carbons (Fsp3) is 1.00. The van der Waals surface area contributed by atoms with Crippen molar-refractivity contribution in [3.63, 3.8) is 0 Å². The van der Waals surface area contributed by atoms with Crippen molar-refractivity contribution in [2.24, 2.45) is 11.7 Å². The first-order valence-corrected chi connectivity index (χ1v) is 5.51. The fourth-order valence-corrected chi connectivity index (χ4v) is 2.91. The van der Waals surface area contributed by atoms with E-state index in [-0.39, 0.29) is 0 Å². The molecule has 3 nitrogen and oxygen atoms in total. The van der Waals surface area contributed by atoms with Crippen molar-refractivity contribution in [1.29, 1.82) is 0 Å². The Morgan fingerprint density at radius 3 is 2.08 bits per heavy atom. The van der Waals surface area contributed by atoms with Gasteiger partial charge >= 0.3 is 6.18 Å². The molecule has 0 radical (unpaired) electrons. The lowest BCUT2D eigenvalue weighted by Crippen LogP contribution is -2.36. The van der Waals surface area contributed by atoms with E-state index in [1.54, 1.807) is 0 Å². The summed E-state index contributed by atoms with van der Waals surface area (Å²) in [6, 6.07) is 0. The van der Waals surface area contributed by atoms with E-state index in [0.29, 0.717) is 0 Å². The third-order valence-corrected chi connectivity index (χ3v) is 4.60. The molecule has 1 aliphatic rings. The number of nitrogens with two attached hydrogens (primary N) is 1. The highest BCUT2D eigenvalue weighted by Gasteiger charge is 2.71. The molecular formula is C6H10F3NO2S. The normalized spacial score (nSPS) is 34.7. The monoisotopic (exact) mass is 217 g/mol. The van der Waals surface area contributed by atoms with E-state index in [9.17, 15) is 21.6 Å². The van der Waals surface area contributed by atoms with Crippen LogP contribution in [0.2, 0.25) is 0 Å². The highest BCUT2D eigenvalue weighted by atomic mass is 32.2. The van der Waals surface area contributed by atoms with Gasteiger partial charge in [0.2, 0.25) is 0 Å². The van der Waals surface area contributed by atoms with Crippen molar-refractivity contribution in [2.75, 3.05) is 12.8 Å². The minimum absolute atomic E-state index is 0.397. The summed E-state index contributed by atoms with van der Waals surface area (Å²) in [6.07, 6.45) is -4.06. The van der Waals surface area contributed by atoms with Crippen molar-refractivity contribution >= 4 is 9.84 Å². The average Bonchev–Trinajstić information content (AvgIpc) is 2.57. The highest BCUT2D eigenvalue weighted by molar-refractivity contribution is 7.92. The molecule has 0 aromatic heterocycles. The number of hydrogen-bond donors (Lipinski definition) is 1. The van der Waals surface area contributed by atoms with Gasteiger partial charge in [-0.1, -0.05) is 0 Å². The van der Waals surface area contributed by atoms with Gasteiger partial charge in [0.05, 0.1) is 10.7 Å². The van der Waals surface area contributed by atoms with Gasteiger partial charge < -0.3 is 5.73 Å². The maximum absolute atomic E-state index is 12.1. The predicted molar refractivity (Wildman–Crippen MR) is 40.8 cm³/mol. The Morgan fingerprint density at radius 2 is 2.00 bits per heavy atom. The van der Waals surface area contributed by atoms with E-state index in [0.717, 1.165) is 6.26 Å². The van der Waals surface area contributed by atoms with E-state index in [1.807, 2.05) is 0 Å². The van der Waals surface area contributed by atoms with Gasteiger partial charge in [0.15, 0.2) is 9.84 Å². The van der Waals surface area contributed by atoms with Gasteiger partial charge in [0, 0.05) is 12.8 Å². The van der Waals surface area contributed by atoms with Crippen molar-refractivity contribution in [3.05, 3.63) is 0 Å². The lowest BCUT2D eigenvalue weighted by atomic mass is 10.3. The summed E-state index contributed by atoms with van der Waals surface area (Å²) in [4.78, 5) is 0. The largest absolute Gasteiger partial charge is 0.393 e. The molecular weight excluding hydrogens is 207 g/mol. The summed E-state index contributed by atoms with van der Waals surface area (Å²) in [6.45, 7) is -0.462. The fourth-order valence-electron chi connectivity index (χ4n) is 1.49. The number of hydrogen-bond acceptors (Lipinski definition) is 3. The minimum atomic E-state index is -4.46. The van der Waals surface area contributed by atoms with Crippen LogP contribution >= 0.6 is 0 Å². The van der Waals surface area contributed by atoms with E-state index < -0.39 is 39.6 Å². The van der Waals surface area contributed by atoms with Crippen LogP contribution < -0.4 is 5.73 Å².